The second-order valence-electron chi connectivity index (χ2n) is 5.38. The SMILES string of the molecule is C[C@H](N[C@H](C)c1nc(N)nc(N(C)C)n1)c1ccccc1Br. The van der Waals surface area contributed by atoms with E-state index in [0.29, 0.717) is 11.8 Å². The number of benzene rings is 1. The fraction of sp³-hybridized carbons (Fsp3) is 0.400. The minimum absolute atomic E-state index is 0.0499. The topological polar surface area (TPSA) is 80.0 Å². The number of hydrogen-bond donors (Lipinski definition) is 2. The molecule has 0 radical (unpaired) electrons. The van der Waals surface area contributed by atoms with Crippen LogP contribution in [0.2, 0.25) is 0 Å². The molecule has 6 nitrogen and oxygen atoms in total. The molecular formula is C15H21BrN6. The van der Waals surface area contributed by atoms with Gasteiger partial charge in [0.2, 0.25) is 11.9 Å². The molecule has 2 rings (SSSR count). The predicted molar refractivity (Wildman–Crippen MR) is 92.7 cm³/mol. The Morgan fingerprint density at radius 2 is 1.77 bits per heavy atom. The number of nitrogens with two attached hydrogens (primary N) is 1. The Morgan fingerprint density at radius 3 is 2.41 bits per heavy atom. The number of anilines is 2. The minimum atomic E-state index is -0.0499. The number of aromatic nitrogens is 3. The number of halogens is 1. The van der Waals surface area contributed by atoms with Gasteiger partial charge in [-0.15, -0.1) is 0 Å². The van der Waals surface area contributed by atoms with Gasteiger partial charge >= 0.3 is 0 Å². The summed E-state index contributed by atoms with van der Waals surface area (Å²) in [5.74, 6) is 1.43. The number of nitrogens with one attached hydrogen (secondary N) is 1. The van der Waals surface area contributed by atoms with Crippen LogP contribution >= 0.6 is 15.9 Å². The van der Waals surface area contributed by atoms with Crippen LogP contribution in [-0.2, 0) is 0 Å². The molecule has 22 heavy (non-hydrogen) atoms. The van der Waals surface area contributed by atoms with E-state index in [2.05, 4.69) is 49.2 Å². The summed E-state index contributed by atoms with van der Waals surface area (Å²) in [5, 5.41) is 3.49. The lowest BCUT2D eigenvalue weighted by atomic mass is 10.1. The summed E-state index contributed by atoms with van der Waals surface area (Å²) in [4.78, 5) is 14.6. The average molecular weight is 365 g/mol. The standard InChI is InChI=1S/C15H21BrN6/c1-9(11-7-5-6-8-12(11)16)18-10(2)13-19-14(17)21-15(20-13)22(3)4/h5-10,18H,1-4H3,(H2,17,19,20,21)/t9-,10+/m0/s1. The lowest BCUT2D eigenvalue weighted by Crippen LogP contribution is -2.26. The predicted octanol–water partition coefficient (Wildman–Crippen LogP) is 2.69. The van der Waals surface area contributed by atoms with Crippen LogP contribution in [0.3, 0.4) is 0 Å². The van der Waals surface area contributed by atoms with Crippen molar-refractivity contribution in [3.05, 3.63) is 40.1 Å². The maximum atomic E-state index is 5.78. The summed E-state index contributed by atoms with van der Waals surface area (Å²) < 4.78 is 1.08. The number of hydrogen-bond acceptors (Lipinski definition) is 6. The average Bonchev–Trinajstić information content (AvgIpc) is 2.46. The minimum Gasteiger partial charge on any atom is -0.368 e. The van der Waals surface area contributed by atoms with Crippen molar-refractivity contribution >= 4 is 27.8 Å². The molecule has 0 amide bonds. The Morgan fingerprint density at radius 1 is 1.09 bits per heavy atom. The van der Waals surface area contributed by atoms with E-state index in [1.165, 1.54) is 5.56 Å². The van der Waals surface area contributed by atoms with Crippen LogP contribution in [0.25, 0.3) is 0 Å². The molecule has 0 saturated heterocycles. The van der Waals surface area contributed by atoms with Gasteiger partial charge in [0.25, 0.3) is 0 Å². The zero-order chi connectivity index (χ0) is 16.3. The quantitative estimate of drug-likeness (QED) is 0.848. The first-order chi connectivity index (χ1) is 10.4. The van der Waals surface area contributed by atoms with Gasteiger partial charge in [0.05, 0.1) is 6.04 Å². The molecule has 1 heterocycles. The first kappa shape index (κ1) is 16.6. The Bertz CT molecular complexity index is 646. The highest BCUT2D eigenvalue weighted by Gasteiger charge is 2.17. The molecule has 0 unspecified atom stereocenters. The highest BCUT2D eigenvalue weighted by molar-refractivity contribution is 9.10. The van der Waals surface area contributed by atoms with Gasteiger partial charge in [-0.05, 0) is 25.5 Å². The molecule has 7 heteroatoms. The zero-order valence-electron chi connectivity index (χ0n) is 13.2. The number of rotatable bonds is 5. The van der Waals surface area contributed by atoms with Crippen LogP contribution in [0, 0.1) is 0 Å². The maximum absolute atomic E-state index is 5.78. The molecule has 118 valence electrons. The molecule has 1 aromatic carbocycles. The van der Waals surface area contributed by atoms with Gasteiger partial charge in [0, 0.05) is 24.6 Å². The van der Waals surface area contributed by atoms with E-state index in [1.54, 1.807) is 0 Å². The second-order valence-corrected chi connectivity index (χ2v) is 6.23. The Hall–Kier alpha value is -1.73. The van der Waals surface area contributed by atoms with Crippen LogP contribution < -0.4 is 16.0 Å². The van der Waals surface area contributed by atoms with Gasteiger partial charge in [0.15, 0.2) is 5.82 Å². The van der Waals surface area contributed by atoms with E-state index in [1.807, 2.05) is 44.1 Å². The Labute approximate surface area is 139 Å². The van der Waals surface area contributed by atoms with E-state index in [9.17, 15) is 0 Å². The summed E-state index contributed by atoms with van der Waals surface area (Å²) in [6.07, 6.45) is 0. The van der Waals surface area contributed by atoms with Gasteiger partial charge in [-0.1, -0.05) is 34.1 Å². The summed E-state index contributed by atoms with van der Waals surface area (Å²) in [6.45, 7) is 4.12. The lowest BCUT2D eigenvalue weighted by Gasteiger charge is -2.21. The monoisotopic (exact) mass is 364 g/mol. The van der Waals surface area contributed by atoms with Crippen molar-refractivity contribution in [2.75, 3.05) is 24.7 Å². The van der Waals surface area contributed by atoms with Crippen LogP contribution in [0.4, 0.5) is 11.9 Å². The molecule has 0 aliphatic carbocycles. The molecule has 0 aliphatic rings. The lowest BCUT2D eigenvalue weighted by molar-refractivity contribution is 0.474. The second kappa shape index (κ2) is 7.02. The first-order valence-electron chi connectivity index (χ1n) is 7.07. The molecule has 2 atom stereocenters. The van der Waals surface area contributed by atoms with Crippen LogP contribution in [-0.4, -0.2) is 29.0 Å². The largest absolute Gasteiger partial charge is 0.368 e. The van der Waals surface area contributed by atoms with Gasteiger partial charge in [-0.25, -0.2) is 0 Å². The smallest absolute Gasteiger partial charge is 0.229 e. The summed E-state index contributed by atoms with van der Waals surface area (Å²) >= 11 is 3.58. The van der Waals surface area contributed by atoms with Crippen molar-refractivity contribution in [3.8, 4) is 0 Å². The van der Waals surface area contributed by atoms with Crippen molar-refractivity contribution < 1.29 is 0 Å². The van der Waals surface area contributed by atoms with Crippen molar-refractivity contribution in [2.45, 2.75) is 25.9 Å². The van der Waals surface area contributed by atoms with Crippen molar-refractivity contribution in [3.63, 3.8) is 0 Å². The molecule has 0 fully saturated rings. The third kappa shape index (κ3) is 3.92. The highest BCUT2D eigenvalue weighted by atomic mass is 79.9. The van der Waals surface area contributed by atoms with E-state index >= 15 is 0 Å². The van der Waals surface area contributed by atoms with Gasteiger partial charge in [-0.2, -0.15) is 15.0 Å². The molecule has 0 saturated carbocycles. The number of nitrogens with zero attached hydrogens (tertiary/aromatic N) is 4. The molecule has 3 N–H and O–H groups in total. The van der Waals surface area contributed by atoms with Crippen molar-refractivity contribution in [1.82, 2.24) is 20.3 Å². The van der Waals surface area contributed by atoms with E-state index < -0.39 is 0 Å². The Kier molecular flexibility index (Phi) is 5.31. The molecule has 1 aromatic heterocycles. The third-order valence-corrected chi connectivity index (χ3v) is 4.04. The van der Waals surface area contributed by atoms with Gasteiger partial charge < -0.3 is 16.0 Å². The normalized spacial score (nSPS) is 13.7. The number of nitrogen functional groups attached to an aromatic ring is 1. The third-order valence-electron chi connectivity index (χ3n) is 3.32. The van der Waals surface area contributed by atoms with Gasteiger partial charge in [0.1, 0.15) is 0 Å². The van der Waals surface area contributed by atoms with Crippen LogP contribution in [0.5, 0.6) is 0 Å². The highest BCUT2D eigenvalue weighted by Crippen LogP contribution is 2.25. The Balaban J connectivity index is 2.18. The van der Waals surface area contributed by atoms with E-state index in [-0.39, 0.29) is 18.0 Å². The van der Waals surface area contributed by atoms with E-state index in [0.717, 1.165) is 4.47 Å². The van der Waals surface area contributed by atoms with E-state index in [4.69, 9.17) is 5.73 Å². The molecule has 0 aliphatic heterocycles. The van der Waals surface area contributed by atoms with Crippen LogP contribution in [0.15, 0.2) is 28.7 Å². The first-order valence-corrected chi connectivity index (χ1v) is 7.87. The fourth-order valence-electron chi connectivity index (χ4n) is 2.16. The molecule has 2 aromatic rings. The molecule has 0 bridgehead atoms. The van der Waals surface area contributed by atoms with Crippen molar-refractivity contribution in [1.29, 1.82) is 0 Å². The van der Waals surface area contributed by atoms with Crippen molar-refractivity contribution in [2.24, 2.45) is 0 Å². The fourth-order valence-corrected chi connectivity index (χ4v) is 2.78. The molecular weight excluding hydrogens is 344 g/mol. The maximum Gasteiger partial charge on any atom is 0.229 e. The summed E-state index contributed by atoms with van der Waals surface area (Å²) in [7, 11) is 3.75. The van der Waals surface area contributed by atoms with Crippen LogP contribution in [0.1, 0.15) is 37.3 Å². The van der Waals surface area contributed by atoms with Gasteiger partial charge in [-0.3, -0.25) is 0 Å². The summed E-state index contributed by atoms with van der Waals surface area (Å²) in [5.41, 5.74) is 6.96. The summed E-state index contributed by atoms with van der Waals surface area (Å²) in [6, 6.07) is 8.23. The zero-order valence-corrected chi connectivity index (χ0v) is 14.8. The molecule has 0 spiro atoms.